The third kappa shape index (κ3) is 3.01. The molecule has 0 saturated heterocycles. The minimum atomic E-state index is 0.00717. The van der Waals surface area contributed by atoms with E-state index >= 15 is 0 Å². The van der Waals surface area contributed by atoms with E-state index in [-0.39, 0.29) is 12.7 Å². The largest absolute Gasteiger partial charge is 0.454 e. The lowest BCUT2D eigenvalue weighted by Crippen LogP contribution is -2.35. The number of ether oxygens (including phenoxy) is 2. The zero-order chi connectivity index (χ0) is 20.8. The first kappa shape index (κ1) is 18.0. The molecule has 5 heteroatoms. The van der Waals surface area contributed by atoms with Gasteiger partial charge in [-0.05, 0) is 54.8 Å². The molecule has 0 saturated carbocycles. The van der Waals surface area contributed by atoms with Crippen LogP contribution < -0.4 is 14.4 Å². The Morgan fingerprint density at radius 3 is 2.71 bits per heavy atom. The number of carbonyl (C=O) groups is 1. The number of nitrogens with zero attached hydrogens (tertiary/aromatic N) is 2. The quantitative estimate of drug-likeness (QED) is 0.456. The van der Waals surface area contributed by atoms with E-state index in [1.807, 2.05) is 71.6 Å². The van der Waals surface area contributed by atoms with Crippen molar-refractivity contribution in [3.63, 3.8) is 0 Å². The Morgan fingerprint density at radius 2 is 1.74 bits per heavy atom. The van der Waals surface area contributed by atoms with E-state index in [1.54, 1.807) is 0 Å². The van der Waals surface area contributed by atoms with Gasteiger partial charge in [0.05, 0.1) is 16.8 Å². The summed E-state index contributed by atoms with van der Waals surface area (Å²) >= 11 is 0. The van der Waals surface area contributed by atoms with Crippen LogP contribution >= 0.6 is 0 Å². The predicted octanol–water partition coefficient (Wildman–Crippen LogP) is 5.22. The first-order valence-electron chi connectivity index (χ1n) is 10.5. The van der Waals surface area contributed by atoms with Crippen LogP contribution in [0.5, 0.6) is 11.5 Å². The molecule has 6 rings (SSSR count). The fraction of sp³-hybridized carbons (Fsp3) is 0.154. The molecule has 0 N–H and O–H groups in total. The smallest absolute Gasteiger partial charge is 0.259 e. The summed E-state index contributed by atoms with van der Waals surface area (Å²) in [4.78, 5) is 20.5. The molecule has 4 aromatic rings. The van der Waals surface area contributed by atoms with E-state index in [2.05, 4.69) is 6.07 Å². The maximum Gasteiger partial charge on any atom is 0.259 e. The number of hydrogen-bond donors (Lipinski definition) is 0. The van der Waals surface area contributed by atoms with Gasteiger partial charge in [-0.25, -0.2) is 4.98 Å². The normalized spacial score (nSPS) is 14.5. The molecule has 0 spiro atoms. The van der Waals surface area contributed by atoms with Gasteiger partial charge in [0.1, 0.15) is 0 Å². The molecule has 0 unspecified atom stereocenters. The van der Waals surface area contributed by atoms with Gasteiger partial charge in [0.25, 0.3) is 5.91 Å². The second-order valence-electron chi connectivity index (χ2n) is 7.83. The molecule has 0 fully saturated rings. The van der Waals surface area contributed by atoms with Crippen molar-refractivity contribution >= 4 is 22.5 Å². The molecule has 3 heterocycles. The molecule has 152 valence electrons. The Kier molecular flexibility index (Phi) is 4.13. The second-order valence-corrected chi connectivity index (χ2v) is 7.83. The minimum absolute atomic E-state index is 0.00717. The van der Waals surface area contributed by atoms with E-state index in [4.69, 9.17) is 14.5 Å². The number of anilines is 1. The molecule has 1 aromatic heterocycles. The van der Waals surface area contributed by atoms with Gasteiger partial charge in [0.2, 0.25) is 6.79 Å². The van der Waals surface area contributed by atoms with Gasteiger partial charge in [0, 0.05) is 23.2 Å². The van der Waals surface area contributed by atoms with E-state index in [9.17, 15) is 4.79 Å². The summed E-state index contributed by atoms with van der Waals surface area (Å²) in [5.74, 6) is 1.43. The highest BCUT2D eigenvalue weighted by Crippen LogP contribution is 2.37. The monoisotopic (exact) mass is 408 g/mol. The van der Waals surface area contributed by atoms with E-state index in [1.165, 1.54) is 5.56 Å². The van der Waals surface area contributed by atoms with Crippen molar-refractivity contribution in [1.82, 2.24) is 4.98 Å². The molecule has 31 heavy (non-hydrogen) atoms. The van der Waals surface area contributed by atoms with Crippen molar-refractivity contribution < 1.29 is 14.3 Å². The van der Waals surface area contributed by atoms with Gasteiger partial charge in [-0.1, -0.05) is 36.4 Å². The summed E-state index contributed by atoms with van der Waals surface area (Å²) in [6.45, 7) is 0.938. The summed E-state index contributed by atoms with van der Waals surface area (Å²) < 4.78 is 11.0. The highest BCUT2D eigenvalue weighted by atomic mass is 16.7. The van der Waals surface area contributed by atoms with Crippen LogP contribution in [0.1, 0.15) is 22.3 Å². The Labute approximate surface area is 179 Å². The number of fused-ring (bicyclic) bond motifs is 3. The van der Waals surface area contributed by atoms with E-state index < -0.39 is 0 Å². The van der Waals surface area contributed by atoms with Crippen molar-refractivity contribution in [1.29, 1.82) is 0 Å². The number of rotatable bonds is 2. The van der Waals surface area contributed by atoms with Crippen molar-refractivity contribution in [3.05, 3.63) is 83.9 Å². The van der Waals surface area contributed by atoms with E-state index in [0.717, 1.165) is 46.4 Å². The van der Waals surface area contributed by atoms with Crippen LogP contribution in [0.25, 0.3) is 22.2 Å². The number of para-hydroxylation sites is 2. The Balaban J connectivity index is 1.50. The highest BCUT2D eigenvalue weighted by Gasteiger charge is 2.25. The molecule has 0 aliphatic carbocycles. The van der Waals surface area contributed by atoms with Crippen LogP contribution in [0.15, 0.2) is 72.8 Å². The SMILES string of the molecule is O=C(c1cc(-c2ccc3c(c2)OCO3)nc2ccccc12)N1CCCc2ccccc21. The molecule has 0 radical (unpaired) electrons. The first-order chi connectivity index (χ1) is 15.3. The number of aryl methyl sites for hydroxylation is 1. The molecular weight excluding hydrogens is 388 g/mol. The number of amides is 1. The van der Waals surface area contributed by atoms with Crippen molar-refractivity contribution in [2.24, 2.45) is 0 Å². The molecule has 2 aliphatic rings. The Bertz CT molecular complexity index is 1330. The first-order valence-corrected chi connectivity index (χ1v) is 10.5. The molecule has 0 bridgehead atoms. The lowest BCUT2D eigenvalue weighted by molar-refractivity contribution is 0.0986. The Morgan fingerprint density at radius 1 is 0.903 bits per heavy atom. The molecule has 3 aromatic carbocycles. The number of benzene rings is 3. The molecule has 1 amide bonds. The second kappa shape index (κ2) is 7.13. The van der Waals surface area contributed by atoms with Crippen LogP contribution in [0, 0.1) is 0 Å². The fourth-order valence-electron chi connectivity index (χ4n) is 4.45. The number of aromatic nitrogens is 1. The zero-order valence-corrected chi connectivity index (χ0v) is 16.9. The number of hydrogen-bond acceptors (Lipinski definition) is 4. The zero-order valence-electron chi connectivity index (χ0n) is 16.9. The maximum absolute atomic E-state index is 13.8. The van der Waals surface area contributed by atoms with Crippen LogP contribution in [0.3, 0.4) is 0 Å². The van der Waals surface area contributed by atoms with Gasteiger partial charge in [0.15, 0.2) is 11.5 Å². The third-order valence-corrected chi connectivity index (χ3v) is 5.97. The van der Waals surface area contributed by atoms with Gasteiger partial charge in [-0.2, -0.15) is 0 Å². The van der Waals surface area contributed by atoms with Gasteiger partial charge in [-0.15, -0.1) is 0 Å². The number of carbonyl (C=O) groups excluding carboxylic acids is 1. The summed E-state index contributed by atoms with van der Waals surface area (Å²) in [5.41, 5.74) is 5.32. The minimum Gasteiger partial charge on any atom is -0.454 e. The van der Waals surface area contributed by atoms with Crippen molar-refractivity contribution in [3.8, 4) is 22.8 Å². The van der Waals surface area contributed by atoms with Crippen LogP contribution in [0.2, 0.25) is 0 Å². The average molecular weight is 408 g/mol. The topological polar surface area (TPSA) is 51.7 Å². The standard InChI is InChI=1S/C26H20N2O3/c29-26(28-13-5-7-17-6-1-4-10-23(17)28)20-15-22(27-21-9-3-2-8-19(20)21)18-11-12-24-25(14-18)31-16-30-24/h1-4,6,8-12,14-15H,5,7,13,16H2. The van der Waals surface area contributed by atoms with Crippen LogP contribution in [-0.2, 0) is 6.42 Å². The lowest BCUT2D eigenvalue weighted by Gasteiger charge is -2.30. The lowest BCUT2D eigenvalue weighted by atomic mass is 9.99. The summed E-state index contributed by atoms with van der Waals surface area (Å²) in [6.07, 6.45) is 1.96. The summed E-state index contributed by atoms with van der Waals surface area (Å²) in [6, 6.07) is 23.6. The molecule has 2 aliphatic heterocycles. The Hall–Kier alpha value is -3.86. The van der Waals surface area contributed by atoms with Gasteiger partial charge < -0.3 is 14.4 Å². The van der Waals surface area contributed by atoms with Crippen LogP contribution in [-0.4, -0.2) is 24.2 Å². The third-order valence-electron chi connectivity index (χ3n) is 5.97. The fourth-order valence-corrected chi connectivity index (χ4v) is 4.45. The van der Waals surface area contributed by atoms with Gasteiger partial charge >= 0.3 is 0 Å². The average Bonchev–Trinajstić information content (AvgIpc) is 3.30. The van der Waals surface area contributed by atoms with E-state index in [0.29, 0.717) is 17.9 Å². The number of pyridine rings is 1. The maximum atomic E-state index is 13.8. The molecular formula is C26H20N2O3. The summed E-state index contributed by atoms with van der Waals surface area (Å²) in [5, 5.41) is 0.861. The highest BCUT2D eigenvalue weighted by molar-refractivity contribution is 6.14. The van der Waals surface area contributed by atoms with Gasteiger partial charge in [-0.3, -0.25) is 4.79 Å². The molecule has 0 atom stereocenters. The predicted molar refractivity (Wildman–Crippen MR) is 120 cm³/mol. The molecule has 5 nitrogen and oxygen atoms in total. The van der Waals surface area contributed by atoms with Crippen LogP contribution in [0.4, 0.5) is 5.69 Å². The van der Waals surface area contributed by atoms with Crippen molar-refractivity contribution in [2.75, 3.05) is 18.2 Å². The summed E-state index contributed by atoms with van der Waals surface area (Å²) in [7, 11) is 0. The van der Waals surface area contributed by atoms with Crippen molar-refractivity contribution in [2.45, 2.75) is 12.8 Å².